The van der Waals surface area contributed by atoms with Crippen LogP contribution < -0.4 is 0 Å². The monoisotopic (exact) mass is 488 g/mol. The quantitative estimate of drug-likeness (QED) is 0.289. The second-order valence-corrected chi connectivity index (χ2v) is 10.2. The number of carbonyl (C=O) groups is 3. The second kappa shape index (κ2) is 10.8. The minimum atomic E-state index is -1.21. The van der Waals surface area contributed by atoms with Gasteiger partial charge in [-0.15, -0.1) is 0 Å². The summed E-state index contributed by atoms with van der Waals surface area (Å²) in [4.78, 5) is 44.9. The Hall–Kier alpha value is -2.19. The van der Waals surface area contributed by atoms with Crippen molar-refractivity contribution in [1.29, 1.82) is 0 Å². The number of nitrogens with zero attached hydrogens (tertiary/aromatic N) is 2. The van der Waals surface area contributed by atoms with E-state index in [9.17, 15) is 19.5 Å². The summed E-state index contributed by atoms with van der Waals surface area (Å²) in [5.74, 6) is -2.35. The summed E-state index contributed by atoms with van der Waals surface area (Å²) < 4.78 is 12.4. The van der Waals surface area contributed by atoms with Crippen molar-refractivity contribution in [2.45, 2.75) is 82.5 Å². The van der Waals surface area contributed by atoms with E-state index in [-0.39, 0.29) is 25.0 Å². The van der Waals surface area contributed by atoms with Gasteiger partial charge in [0, 0.05) is 26.2 Å². The van der Waals surface area contributed by atoms with E-state index < -0.39 is 35.0 Å². The molecule has 0 aromatic heterocycles. The van der Waals surface area contributed by atoms with Gasteiger partial charge in [-0.3, -0.25) is 14.4 Å². The Bertz CT molecular complexity index is 872. The molecule has 8 nitrogen and oxygen atoms in total. The summed E-state index contributed by atoms with van der Waals surface area (Å²) in [6.07, 6.45) is 13.9. The zero-order chi connectivity index (χ0) is 25.1. The molecule has 2 saturated heterocycles. The van der Waals surface area contributed by atoms with E-state index >= 15 is 0 Å². The molecular weight excluding hydrogens is 448 g/mol. The summed E-state index contributed by atoms with van der Waals surface area (Å²) in [5.41, 5.74) is -2.19. The first-order valence-electron chi connectivity index (χ1n) is 13.4. The van der Waals surface area contributed by atoms with Crippen LogP contribution >= 0.6 is 0 Å². The van der Waals surface area contributed by atoms with Crippen molar-refractivity contribution in [2.24, 2.45) is 11.8 Å². The Morgan fingerprint density at radius 2 is 1.77 bits per heavy atom. The topological polar surface area (TPSA) is 96.4 Å². The fraction of sp³-hybridized carbons (Fsp3) is 0.741. The van der Waals surface area contributed by atoms with Crippen LogP contribution in [0.1, 0.15) is 65.2 Å². The lowest BCUT2D eigenvalue weighted by atomic mass is 9.73. The van der Waals surface area contributed by atoms with Crippen molar-refractivity contribution < 1.29 is 29.0 Å². The Morgan fingerprint density at radius 3 is 2.51 bits per heavy atom. The molecule has 1 N–H and O–H groups in total. The van der Waals surface area contributed by atoms with Crippen LogP contribution in [0.5, 0.6) is 0 Å². The third kappa shape index (κ3) is 4.44. The molecule has 4 heterocycles. The first-order valence-corrected chi connectivity index (χ1v) is 13.4. The maximum atomic E-state index is 14.1. The van der Waals surface area contributed by atoms with Gasteiger partial charge in [-0.05, 0) is 38.5 Å². The van der Waals surface area contributed by atoms with E-state index in [1.807, 2.05) is 36.1 Å². The lowest BCUT2D eigenvalue weighted by Crippen LogP contribution is -2.56. The van der Waals surface area contributed by atoms with E-state index in [1.165, 1.54) is 0 Å². The van der Waals surface area contributed by atoms with Gasteiger partial charge in [0.25, 0.3) is 0 Å². The minimum Gasteiger partial charge on any atom is -0.465 e. The van der Waals surface area contributed by atoms with Crippen LogP contribution in [0.25, 0.3) is 0 Å². The van der Waals surface area contributed by atoms with Crippen molar-refractivity contribution in [3.05, 3.63) is 24.3 Å². The molecule has 0 bridgehead atoms. The number of aliphatic hydroxyl groups excluding tert-OH is 1. The number of cyclic esters (lactones) is 1. The zero-order valence-corrected chi connectivity index (χ0v) is 21.1. The standard InChI is InChI=1S/C27H40N2O6/c1-3-5-8-15-28-16-12-14-27-20(21-25(33)34-19-11-7-13-26(21,4-2)35-27)23(31)29(22(27)24(28)32)17-9-6-10-18-30/h7,12-14,20-22,30H,3-6,8-11,15-19H2,1-2H3/t20-,21+,22?,26-,27-/m0/s1. The van der Waals surface area contributed by atoms with Crippen LogP contribution in [0.2, 0.25) is 0 Å². The van der Waals surface area contributed by atoms with Gasteiger partial charge in [0.15, 0.2) is 0 Å². The molecule has 0 aromatic rings. The van der Waals surface area contributed by atoms with Gasteiger partial charge >= 0.3 is 5.97 Å². The van der Waals surface area contributed by atoms with E-state index in [0.29, 0.717) is 45.3 Å². The van der Waals surface area contributed by atoms with Gasteiger partial charge in [-0.1, -0.05) is 51.0 Å². The summed E-state index contributed by atoms with van der Waals surface area (Å²) in [6.45, 7) is 5.94. The smallest absolute Gasteiger partial charge is 0.313 e. The highest BCUT2D eigenvalue weighted by Crippen LogP contribution is 2.58. The Labute approximate surface area is 208 Å². The molecular formula is C27H40N2O6. The predicted molar refractivity (Wildman–Crippen MR) is 130 cm³/mol. The largest absolute Gasteiger partial charge is 0.465 e. The van der Waals surface area contributed by atoms with Crippen molar-refractivity contribution in [1.82, 2.24) is 9.80 Å². The molecule has 1 unspecified atom stereocenters. The minimum absolute atomic E-state index is 0.0964. The highest BCUT2D eigenvalue weighted by Gasteiger charge is 2.75. The number of carbonyl (C=O) groups excluding carboxylic acids is 3. The first-order chi connectivity index (χ1) is 17.0. The number of rotatable bonds is 10. The number of esters is 1. The van der Waals surface area contributed by atoms with Crippen LogP contribution in [-0.4, -0.2) is 82.8 Å². The van der Waals surface area contributed by atoms with Gasteiger partial charge in [0.1, 0.15) is 23.2 Å². The molecule has 0 saturated carbocycles. The second-order valence-electron chi connectivity index (χ2n) is 10.2. The van der Waals surface area contributed by atoms with E-state index in [4.69, 9.17) is 9.47 Å². The fourth-order valence-corrected chi connectivity index (χ4v) is 6.34. The van der Waals surface area contributed by atoms with Crippen LogP contribution in [0.15, 0.2) is 24.3 Å². The molecule has 4 aliphatic heterocycles. The number of ether oxygens (including phenoxy) is 2. The molecule has 0 aliphatic carbocycles. The van der Waals surface area contributed by atoms with Crippen molar-refractivity contribution in [2.75, 3.05) is 32.8 Å². The number of aliphatic hydroxyl groups is 1. The van der Waals surface area contributed by atoms with Gasteiger partial charge < -0.3 is 24.4 Å². The number of amides is 2. The Balaban J connectivity index is 1.76. The van der Waals surface area contributed by atoms with Crippen molar-refractivity contribution in [3.63, 3.8) is 0 Å². The van der Waals surface area contributed by atoms with Crippen LogP contribution in [0.3, 0.4) is 0 Å². The number of unbranched alkanes of at least 4 members (excludes halogenated alkanes) is 4. The van der Waals surface area contributed by atoms with Crippen molar-refractivity contribution >= 4 is 17.8 Å². The van der Waals surface area contributed by atoms with Crippen LogP contribution in [0.4, 0.5) is 0 Å². The van der Waals surface area contributed by atoms with E-state index in [2.05, 4.69) is 6.92 Å². The Morgan fingerprint density at radius 1 is 0.971 bits per heavy atom. The van der Waals surface area contributed by atoms with E-state index in [0.717, 1.165) is 25.7 Å². The maximum Gasteiger partial charge on any atom is 0.313 e. The number of hydrogen-bond donors (Lipinski definition) is 1. The average Bonchev–Trinajstić information content (AvgIpc) is 3.19. The zero-order valence-electron chi connectivity index (χ0n) is 21.1. The summed E-state index contributed by atoms with van der Waals surface area (Å²) in [5, 5.41) is 9.18. The third-order valence-corrected chi connectivity index (χ3v) is 8.07. The highest BCUT2D eigenvalue weighted by atomic mass is 16.6. The molecule has 1 spiro atoms. The molecule has 5 atom stereocenters. The third-order valence-electron chi connectivity index (χ3n) is 8.07. The van der Waals surface area contributed by atoms with Crippen molar-refractivity contribution in [3.8, 4) is 0 Å². The molecule has 2 amide bonds. The summed E-state index contributed by atoms with van der Waals surface area (Å²) >= 11 is 0. The number of likely N-dealkylation sites (tertiary alicyclic amines) is 1. The molecule has 0 aromatic carbocycles. The van der Waals surface area contributed by atoms with Gasteiger partial charge in [-0.2, -0.15) is 0 Å². The maximum absolute atomic E-state index is 14.1. The normalized spacial score (nSPS) is 34.3. The highest BCUT2D eigenvalue weighted by molar-refractivity contribution is 5.99. The number of hydrogen-bond acceptors (Lipinski definition) is 6. The summed E-state index contributed by atoms with van der Waals surface area (Å²) in [7, 11) is 0. The predicted octanol–water partition coefficient (Wildman–Crippen LogP) is 2.60. The molecule has 4 rings (SSSR count). The molecule has 194 valence electrons. The molecule has 2 fully saturated rings. The van der Waals surface area contributed by atoms with E-state index in [1.54, 1.807) is 4.90 Å². The lowest BCUT2D eigenvalue weighted by molar-refractivity contribution is -0.161. The van der Waals surface area contributed by atoms with Gasteiger partial charge in [0.05, 0.1) is 12.5 Å². The van der Waals surface area contributed by atoms with Gasteiger partial charge in [0.2, 0.25) is 11.8 Å². The Kier molecular flexibility index (Phi) is 8.01. The lowest BCUT2D eigenvalue weighted by Gasteiger charge is -2.38. The number of fused-ring (bicyclic) bond motifs is 2. The molecule has 35 heavy (non-hydrogen) atoms. The van der Waals surface area contributed by atoms with Crippen LogP contribution in [0, 0.1) is 11.8 Å². The SMILES string of the molecule is CCCCCN1CC=C[C@]23O[C@@]4(CC)C=CCCOC(=O)[C@H]4[C@H]2C(=O)N(CCCCCO)C3C1=O. The van der Waals surface area contributed by atoms with Gasteiger partial charge in [-0.25, -0.2) is 0 Å². The first kappa shape index (κ1) is 25.9. The van der Waals surface area contributed by atoms with Crippen LogP contribution in [-0.2, 0) is 23.9 Å². The summed E-state index contributed by atoms with van der Waals surface area (Å²) in [6, 6.07) is -0.813. The molecule has 0 radical (unpaired) electrons. The average molecular weight is 489 g/mol. The molecule has 8 heteroatoms. The molecule has 4 aliphatic rings. The fourth-order valence-electron chi connectivity index (χ4n) is 6.34.